The lowest BCUT2D eigenvalue weighted by Crippen LogP contribution is -2.25. The second-order valence-corrected chi connectivity index (χ2v) is 6.54. The first-order valence-electron chi connectivity index (χ1n) is 6.90. The Morgan fingerprint density at radius 3 is 2.35 bits per heavy atom. The summed E-state index contributed by atoms with van der Waals surface area (Å²) in [7, 11) is 0. The van der Waals surface area contributed by atoms with Crippen molar-refractivity contribution in [1.29, 1.82) is 0 Å². The van der Waals surface area contributed by atoms with Gasteiger partial charge in [0.2, 0.25) is 0 Å². The largest absolute Gasteiger partial charge is 0.433 e. The van der Waals surface area contributed by atoms with Gasteiger partial charge in [-0.25, -0.2) is 0 Å². The fourth-order valence-corrected chi connectivity index (χ4v) is 2.49. The minimum atomic E-state index is -4.36. The topological polar surface area (TPSA) is 27.1 Å². The summed E-state index contributed by atoms with van der Waals surface area (Å²) in [4.78, 5) is 0. The lowest BCUT2D eigenvalue weighted by Gasteiger charge is -2.24. The third kappa shape index (κ3) is 3.75. The molecule has 1 saturated heterocycles. The fourth-order valence-electron chi connectivity index (χ4n) is 2.49. The van der Waals surface area contributed by atoms with Gasteiger partial charge in [0, 0.05) is 13.2 Å². The number of rotatable bonds is 2. The fraction of sp³-hybridized carbons (Fsp3) is 0.786. The summed E-state index contributed by atoms with van der Waals surface area (Å²) in [5.41, 5.74) is -0.211. The molecule has 1 fully saturated rings. The van der Waals surface area contributed by atoms with E-state index in [0.29, 0.717) is 38.2 Å². The van der Waals surface area contributed by atoms with Crippen molar-refractivity contribution in [3.8, 4) is 0 Å². The Morgan fingerprint density at radius 1 is 1.25 bits per heavy atom. The van der Waals surface area contributed by atoms with Crippen LogP contribution >= 0.6 is 0 Å². The van der Waals surface area contributed by atoms with Crippen molar-refractivity contribution in [2.24, 2.45) is 5.41 Å². The number of hydrogen-bond donors (Lipinski definition) is 0. The average Bonchev–Trinajstić information content (AvgIpc) is 2.71. The monoisotopic (exact) mass is 290 g/mol. The van der Waals surface area contributed by atoms with Crippen LogP contribution in [0.25, 0.3) is 0 Å². The number of ether oxygens (including phenoxy) is 1. The van der Waals surface area contributed by atoms with Gasteiger partial charge in [0.05, 0.1) is 11.7 Å². The van der Waals surface area contributed by atoms with Gasteiger partial charge < -0.3 is 4.74 Å². The zero-order valence-corrected chi connectivity index (χ0v) is 12.1. The summed E-state index contributed by atoms with van der Waals surface area (Å²) >= 11 is 0. The van der Waals surface area contributed by atoms with Crippen molar-refractivity contribution in [3.05, 3.63) is 17.5 Å². The third-order valence-corrected chi connectivity index (χ3v) is 3.32. The van der Waals surface area contributed by atoms with Gasteiger partial charge in [0.1, 0.15) is 5.69 Å². The Bertz CT molecular complexity index is 454. The van der Waals surface area contributed by atoms with E-state index in [9.17, 15) is 13.2 Å². The number of nitrogens with zero attached hydrogens (tertiary/aromatic N) is 2. The molecule has 0 saturated carbocycles. The molecule has 2 rings (SSSR count). The van der Waals surface area contributed by atoms with E-state index in [1.54, 1.807) is 0 Å². The van der Waals surface area contributed by atoms with Crippen molar-refractivity contribution in [2.45, 2.75) is 52.3 Å². The summed E-state index contributed by atoms with van der Waals surface area (Å²) in [6.07, 6.45) is -2.66. The number of alkyl halides is 3. The molecule has 3 nitrogen and oxygen atoms in total. The third-order valence-electron chi connectivity index (χ3n) is 3.32. The molecule has 1 aromatic rings. The van der Waals surface area contributed by atoms with Crippen molar-refractivity contribution < 1.29 is 17.9 Å². The van der Waals surface area contributed by atoms with E-state index in [0.717, 1.165) is 0 Å². The average molecular weight is 290 g/mol. The van der Waals surface area contributed by atoms with E-state index in [1.165, 1.54) is 10.7 Å². The van der Waals surface area contributed by atoms with E-state index in [-0.39, 0.29) is 11.5 Å². The van der Waals surface area contributed by atoms with Crippen molar-refractivity contribution in [1.82, 2.24) is 9.78 Å². The number of halogens is 3. The Balaban J connectivity index is 2.32. The molecule has 20 heavy (non-hydrogen) atoms. The summed E-state index contributed by atoms with van der Waals surface area (Å²) in [5, 5.41) is 4.23. The molecule has 0 spiro atoms. The van der Waals surface area contributed by atoms with Crippen molar-refractivity contribution >= 4 is 0 Å². The SMILES string of the molecule is CC(C)(C)Cc1cc(C(F)(F)F)n(C2CCOCC2)n1. The van der Waals surface area contributed by atoms with Gasteiger partial charge in [0.25, 0.3) is 0 Å². The second kappa shape index (κ2) is 5.39. The molecule has 0 amide bonds. The van der Waals surface area contributed by atoms with Crippen LogP contribution in [0.1, 0.15) is 51.0 Å². The number of hydrogen-bond acceptors (Lipinski definition) is 2. The Kier molecular flexibility index (Phi) is 4.14. The quantitative estimate of drug-likeness (QED) is 0.827. The molecule has 6 heteroatoms. The summed E-state index contributed by atoms with van der Waals surface area (Å²) in [5.74, 6) is 0. The van der Waals surface area contributed by atoms with E-state index in [1.807, 2.05) is 20.8 Å². The maximum absolute atomic E-state index is 13.2. The van der Waals surface area contributed by atoms with Gasteiger partial charge >= 0.3 is 6.18 Å². The first kappa shape index (κ1) is 15.4. The highest BCUT2D eigenvalue weighted by molar-refractivity contribution is 5.15. The molecule has 114 valence electrons. The van der Waals surface area contributed by atoms with Crippen LogP contribution in [0.15, 0.2) is 6.07 Å². The van der Waals surface area contributed by atoms with Gasteiger partial charge in [-0.3, -0.25) is 4.68 Å². The molecule has 0 bridgehead atoms. The lowest BCUT2D eigenvalue weighted by molar-refractivity contribution is -0.145. The van der Waals surface area contributed by atoms with Gasteiger partial charge in [-0.2, -0.15) is 18.3 Å². The second-order valence-electron chi connectivity index (χ2n) is 6.54. The molecule has 0 N–H and O–H groups in total. The summed E-state index contributed by atoms with van der Waals surface area (Å²) < 4.78 is 45.9. The molecule has 1 aliphatic heterocycles. The molecule has 0 unspecified atom stereocenters. The van der Waals surface area contributed by atoms with Crippen LogP contribution < -0.4 is 0 Å². The van der Waals surface area contributed by atoms with Gasteiger partial charge in [-0.1, -0.05) is 20.8 Å². The zero-order valence-electron chi connectivity index (χ0n) is 12.1. The molecule has 0 atom stereocenters. The lowest BCUT2D eigenvalue weighted by atomic mass is 9.90. The predicted molar refractivity (Wildman–Crippen MR) is 69.5 cm³/mol. The van der Waals surface area contributed by atoms with E-state index >= 15 is 0 Å². The van der Waals surface area contributed by atoms with Crippen LogP contribution in [-0.4, -0.2) is 23.0 Å². The molecule has 1 aliphatic rings. The smallest absolute Gasteiger partial charge is 0.381 e. The van der Waals surface area contributed by atoms with Crippen molar-refractivity contribution in [2.75, 3.05) is 13.2 Å². The normalized spacial score (nSPS) is 18.5. The highest BCUT2D eigenvalue weighted by atomic mass is 19.4. The Morgan fingerprint density at radius 2 is 1.85 bits per heavy atom. The minimum absolute atomic E-state index is 0.0856. The van der Waals surface area contributed by atoms with Crippen molar-refractivity contribution in [3.63, 3.8) is 0 Å². The van der Waals surface area contributed by atoms with Crippen LogP contribution in [-0.2, 0) is 17.3 Å². The van der Waals surface area contributed by atoms with E-state index in [4.69, 9.17) is 4.74 Å². The van der Waals surface area contributed by atoms with Gasteiger partial charge in [-0.15, -0.1) is 0 Å². The van der Waals surface area contributed by atoms with E-state index < -0.39 is 11.9 Å². The Hall–Kier alpha value is -1.04. The van der Waals surface area contributed by atoms with Gasteiger partial charge in [-0.05, 0) is 30.7 Å². The minimum Gasteiger partial charge on any atom is -0.381 e. The molecule has 2 heterocycles. The highest BCUT2D eigenvalue weighted by Crippen LogP contribution is 2.35. The Labute approximate surface area is 117 Å². The van der Waals surface area contributed by atoms with Crippen LogP contribution in [0.3, 0.4) is 0 Å². The zero-order chi connectivity index (χ0) is 15.0. The van der Waals surface area contributed by atoms with Crippen LogP contribution in [0.4, 0.5) is 13.2 Å². The molecular formula is C14H21F3N2O. The standard InChI is InChI=1S/C14H21F3N2O/c1-13(2,3)9-10-8-12(14(15,16)17)19(18-10)11-4-6-20-7-5-11/h8,11H,4-7,9H2,1-3H3. The molecule has 1 aromatic heterocycles. The first-order chi connectivity index (χ1) is 9.17. The van der Waals surface area contributed by atoms with E-state index in [2.05, 4.69) is 5.10 Å². The van der Waals surface area contributed by atoms with Crippen LogP contribution in [0.2, 0.25) is 0 Å². The summed E-state index contributed by atoms with van der Waals surface area (Å²) in [6, 6.07) is 0.981. The first-order valence-corrected chi connectivity index (χ1v) is 6.90. The maximum Gasteiger partial charge on any atom is 0.433 e. The number of aromatic nitrogens is 2. The summed E-state index contributed by atoms with van der Waals surface area (Å²) in [6.45, 7) is 6.97. The van der Waals surface area contributed by atoms with Crippen LogP contribution in [0.5, 0.6) is 0 Å². The van der Waals surface area contributed by atoms with Gasteiger partial charge in [0.15, 0.2) is 0 Å². The molecular weight excluding hydrogens is 269 g/mol. The highest BCUT2D eigenvalue weighted by Gasteiger charge is 2.38. The molecule has 0 aromatic carbocycles. The molecule has 0 aliphatic carbocycles. The maximum atomic E-state index is 13.2. The van der Waals surface area contributed by atoms with Crippen LogP contribution in [0, 0.1) is 5.41 Å². The predicted octanol–water partition coefficient (Wildman–Crippen LogP) is 3.84. The molecule has 0 radical (unpaired) electrons.